The van der Waals surface area contributed by atoms with Crippen LogP contribution in [0.5, 0.6) is 0 Å². The van der Waals surface area contributed by atoms with E-state index in [-0.39, 0.29) is 0 Å². The summed E-state index contributed by atoms with van der Waals surface area (Å²) in [5, 5.41) is 0.646. The highest BCUT2D eigenvalue weighted by Gasteiger charge is 2.19. The molecular weight excluding hydrogens is 284 g/mol. The number of thiazole rings is 1. The van der Waals surface area contributed by atoms with E-state index in [1.165, 1.54) is 4.88 Å². The molecule has 0 saturated carbocycles. The van der Waals surface area contributed by atoms with Gasteiger partial charge >= 0.3 is 0 Å². The number of rotatable bonds is 3. The fourth-order valence-electron chi connectivity index (χ4n) is 2.57. The van der Waals surface area contributed by atoms with Crippen molar-refractivity contribution < 1.29 is 0 Å². The lowest BCUT2D eigenvalue weighted by atomic mass is 10.3. The molecule has 21 heavy (non-hydrogen) atoms. The minimum Gasteiger partial charge on any atom is -0.375 e. The van der Waals surface area contributed by atoms with Gasteiger partial charge in [0.15, 0.2) is 5.13 Å². The maximum atomic E-state index is 5.67. The fourth-order valence-corrected chi connectivity index (χ4v) is 3.30. The van der Waals surface area contributed by atoms with Crippen LogP contribution in [0.25, 0.3) is 0 Å². The van der Waals surface area contributed by atoms with Crippen LogP contribution in [0.15, 0.2) is 12.3 Å². The summed E-state index contributed by atoms with van der Waals surface area (Å²) < 4.78 is 0. The first-order valence-corrected chi connectivity index (χ1v) is 7.91. The molecule has 7 heteroatoms. The number of piperazine rings is 1. The second-order valence-electron chi connectivity index (χ2n) is 5.38. The van der Waals surface area contributed by atoms with Crippen molar-refractivity contribution in [2.45, 2.75) is 20.4 Å². The lowest BCUT2D eigenvalue weighted by molar-refractivity contribution is 0.250. The van der Waals surface area contributed by atoms with Crippen LogP contribution in [0.1, 0.15) is 16.3 Å². The Balaban J connectivity index is 1.59. The van der Waals surface area contributed by atoms with Crippen molar-refractivity contribution in [3.8, 4) is 0 Å². The van der Waals surface area contributed by atoms with E-state index in [1.54, 1.807) is 11.3 Å². The zero-order valence-corrected chi connectivity index (χ0v) is 13.2. The summed E-state index contributed by atoms with van der Waals surface area (Å²) in [5.74, 6) is 0.856. The Bertz CT molecular complexity index is 597. The second-order valence-corrected chi connectivity index (χ2v) is 6.53. The molecule has 0 aliphatic carbocycles. The number of nitrogen functional groups attached to an aromatic ring is 1. The largest absolute Gasteiger partial charge is 0.375 e. The van der Waals surface area contributed by atoms with E-state index in [0.29, 0.717) is 5.13 Å². The van der Waals surface area contributed by atoms with Crippen molar-refractivity contribution in [1.29, 1.82) is 0 Å². The summed E-state index contributed by atoms with van der Waals surface area (Å²) in [7, 11) is 0. The van der Waals surface area contributed by atoms with E-state index < -0.39 is 0 Å². The number of nitrogens with two attached hydrogens (primary N) is 1. The molecule has 6 nitrogen and oxygen atoms in total. The van der Waals surface area contributed by atoms with Gasteiger partial charge in [-0.05, 0) is 19.9 Å². The predicted octanol–water partition coefficient (Wildman–Crippen LogP) is 1.45. The van der Waals surface area contributed by atoms with E-state index in [9.17, 15) is 0 Å². The Morgan fingerprint density at radius 1 is 1.14 bits per heavy atom. The maximum Gasteiger partial charge on any atom is 0.225 e. The third kappa shape index (κ3) is 3.48. The van der Waals surface area contributed by atoms with Crippen molar-refractivity contribution in [3.05, 3.63) is 28.5 Å². The summed E-state index contributed by atoms with van der Waals surface area (Å²) in [6, 6.07) is 2.01. The van der Waals surface area contributed by atoms with Crippen molar-refractivity contribution in [2.75, 3.05) is 36.8 Å². The molecule has 112 valence electrons. The number of anilines is 2. The van der Waals surface area contributed by atoms with Crippen molar-refractivity contribution >= 4 is 22.4 Å². The van der Waals surface area contributed by atoms with Crippen molar-refractivity contribution in [1.82, 2.24) is 19.9 Å². The number of aromatic nitrogens is 3. The Hall–Kier alpha value is -1.73. The van der Waals surface area contributed by atoms with Gasteiger partial charge in [0, 0.05) is 55.2 Å². The lowest BCUT2D eigenvalue weighted by Crippen LogP contribution is -2.46. The Labute approximate surface area is 128 Å². The Morgan fingerprint density at radius 2 is 1.81 bits per heavy atom. The number of hydrogen-bond donors (Lipinski definition) is 1. The zero-order chi connectivity index (χ0) is 14.8. The number of aryl methyl sites for hydroxylation is 2. The normalized spacial score (nSPS) is 16.4. The quantitative estimate of drug-likeness (QED) is 0.925. The molecule has 0 radical (unpaired) electrons. The van der Waals surface area contributed by atoms with E-state index >= 15 is 0 Å². The van der Waals surface area contributed by atoms with E-state index in [2.05, 4.69) is 24.8 Å². The first-order valence-electron chi connectivity index (χ1n) is 7.10. The molecule has 0 amide bonds. The average Bonchev–Trinajstić information content (AvgIpc) is 2.84. The minimum absolute atomic E-state index is 0.646. The first-order chi connectivity index (χ1) is 10.1. The average molecular weight is 304 g/mol. The highest BCUT2D eigenvalue weighted by atomic mass is 32.1. The maximum absolute atomic E-state index is 5.67. The van der Waals surface area contributed by atoms with Crippen LogP contribution in [0.4, 0.5) is 11.1 Å². The van der Waals surface area contributed by atoms with Gasteiger partial charge in [0.05, 0.1) is 0 Å². The highest BCUT2D eigenvalue weighted by Crippen LogP contribution is 2.18. The number of hydrogen-bond acceptors (Lipinski definition) is 7. The molecule has 1 aliphatic rings. The zero-order valence-electron chi connectivity index (χ0n) is 12.4. The molecule has 0 aromatic carbocycles. The van der Waals surface area contributed by atoms with Crippen LogP contribution < -0.4 is 10.6 Å². The SMILES string of the molecule is Cc1cc(C)nc(N2CCN(Cc3cnc(N)s3)CC2)n1. The molecule has 1 saturated heterocycles. The van der Waals surface area contributed by atoms with E-state index in [1.807, 2.05) is 26.1 Å². The van der Waals surface area contributed by atoms with Gasteiger partial charge in [-0.15, -0.1) is 11.3 Å². The van der Waals surface area contributed by atoms with E-state index in [0.717, 1.165) is 50.1 Å². The van der Waals surface area contributed by atoms with Gasteiger partial charge in [0.1, 0.15) is 0 Å². The van der Waals surface area contributed by atoms with Gasteiger partial charge in [-0.3, -0.25) is 4.90 Å². The van der Waals surface area contributed by atoms with Crippen LogP contribution in [0.2, 0.25) is 0 Å². The summed E-state index contributed by atoms with van der Waals surface area (Å²) in [4.78, 5) is 19.1. The summed E-state index contributed by atoms with van der Waals surface area (Å²) in [6.07, 6.45) is 1.87. The first kappa shape index (κ1) is 14.2. The molecule has 0 spiro atoms. The van der Waals surface area contributed by atoms with Crippen LogP contribution in [-0.4, -0.2) is 46.0 Å². The van der Waals surface area contributed by atoms with Crippen LogP contribution in [0, 0.1) is 13.8 Å². The third-order valence-corrected chi connectivity index (χ3v) is 4.39. The predicted molar refractivity (Wildman–Crippen MR) is 85.5 cm³/mol. The third-order valence-electron chi connectivity index (χ3n) is 3.58. The van der Waals surface area contributed by atoms with Crippen molar-refractivity contribution in [2.24, 2.45) is 0 Å². The molecule has 1 aliphatic heterocycles. The smallest absolute Gasteiger partial charge is 0.225 e. The molecule has 0 unspecified atom stereocenters. The molecule has 1 fully saturated rings. The Morgan fingerprint density at radius 3 is 2.38 bits per heavy atom. The van der Waals surface area contributed by atoms with Gasteiger partial charge in [-0.1, -0.05) is 0 Å². The molecule has 3 rings (SSSR count). The van der Waals surface area contributed by atoms with Gasteiger partial charge in [0.25, 0.3) is 0 Å². The van der Waals surface area contributed by atoms with Crippen LogP contribution >= 0.6 is 11.3 Å². The molecule has 3 heterocycles. The molecular formula is C14H20N6S. The van der Waals surface area contributed by atoms with Gasteiger partial charge < -0.3 is 10.6 Å². The molecule has 0 atom stereocenters. The monoisotopic (exact) mass is 304 g/mol. The topological polar surface area (TPSA) is 71.2 Å². The molecule has 2 aromatic heterocycles. The fraction of sp³-hybridized carbons (Fsp3) is 0.500. The number of nitrogens with zero attached hydrogens (tertiary/aromatic N) is 5. The van der Waals surface area contributed by atoms with E-state index in [4.69, 9.17) is 5.73 Å². The van der Waals surface area contributed by atoms with Gasteiger partial charge in [-0.2, -0.15) is 0 Å². The summed E-state index contributed by atoms with van der Waals surface area (Å²) in [5.41, 5.74) is 7.73. The summed E-state index contributed by atoms with van der Waals surface area (Å²) in [6.45, 7) is 8.89. The molecule has 0 bridgehead atoms. The second kappa shape index (κ2) is 5.95. The summed E-state index contributed by atoms with van der Waals surface area (Å²) >= 11 is 1.57. The standard InChI is InChI=1S/C14H20N6S/c1-10-7-11(2)18-14(17-10)20-5-3-19(4-6-20)9-12-8-16-13(15)21-12/h7-8H,3-6,9H2,1-2H3,(H2,15,16). The highest BCUT2D eigenvalue weighted by molar-refractivity contribution is 7.15. The Kier molecular flexibility index (Phi) is 4.03. The van der Waals surface area contributed by atoms with Gasteiger partial charge in [0.2, 0.25) is 5.95 Å². The van der Waals surface area contributed by atoms with Crippen LogP contribution in [0.3, 0.4) is 0 Å². The van der Waals surface area contributed by atoms with Gasteiger partial charge in [-0.25, -0.2) is 15.0 Å². The van der Waals surface area contributed by atoms with Crippen LogP contribution in [-0.2, 0) is 6.54 Å². The van der Waals surface area contributed by atoms with Crippen molar-refractivity contribution in [3.63, 3.8) is 0 Å². The minimum atomic E-state index is 0.646. The molecule has 2 N–H and O–H groups in total. The molecule has 2 aromatic rings. The lowest BCUT2D eigenvalue weighted by Gasteiger charge is -2.34.